The number of pyridine rings is 1. The maximum Gasteiger partial charge on any atom is 0.253 e. The molecule has 1 radical (unpaired) electrons. The van der Waals surface area contributed by atoms with Gasteiger partial charge in [-0.2, -0.15) is 0 Å². The Hall–Kier alpha value is -1.42. The van der Waals surface area contributed by atoms with Crippen LogP contribution in [0.1, 0.15) is 23.2 Å². The Morgan fingerprint density at radius 2 is 2.00 bits per heavy atom. The zero-order chi connectivity index (χ0) is 11.4. The van der Waals surface area contributed by atoms with Crippen LogP contribution in [0.2, 0.25) is 0 Å². The van der Waals surface area contributed by atoms with Crippen LogP contribution in [0.15, 0.2) is 24.5 Å². The molecular weight excluding hydrogens is 202 g/mol. The van der Waals surface area contributed by atoms with Crippen molar-refractivity contribution in [2.24, 2.45) is 0 Å². The van der Waals surface area contributed by atoms with E-state index in [0.29, 0.717) is 6.04 Å². The van der Waals surface area contributed by atoms with Crippen molar-refractivity contribution in [2.75, 3.05) is 20.1 Å². The van der Waals surface area contributed by atoms with Crippen molar-refractivity contribution in [3.63, 3.8) is 0 Å². The number of hydrogen-bond donors (Lipinski definition) is 0. The molecule has 1 fully saturated rings. The number of carbonyl (C=O) groups excluding carboxylic acids is 1. The van der Waals surface area contributed by atoms with Crippen molar-refractivity contribution in [1.82, 2.24) is 15.2 Å². The third-order valence-corrected chi connectivity index (χ3v) is 3.04. The predicted octanol–water partition coefficient (Wildman–Crippen LogP) is 0.920. The standard InChI is InChI=1S/C12H16N3O/c1-13-11-4-8-15(9-5-11)12(16)10-2-6-14-7-3-10/h2-3,6-7,11H,4-5,8-9H2,1H3. The van der Waals surface area contributed by atoms with Crippen molar-refractivity contribution in [1.29, 1.82) is 0 Å². The van der Waals surface area contributed by atoms with Gasteiger partial charge in [0.1, 0.15) is 0 Å². The van der Waals surface area contributed by atoms with E-state index in [9.17, 15) is 4.79 Å². The summed E-state index contributed by atoms with van der Waals surface area (Å²) in [5, 5.41) is 4.27. The molecule has 1 aliphatic heterocycles. The average molecular weight is 218 g/mol. The lowest BCUT2D eigenvalue weighted by Crippen LogP contribution is -2.42. The monoisotopic (exact) mass is 218 g/mol. The normalized spacial score (nSPS) is 17.4. The minimum absolute atomic E-state index is 0.108. The second kappa shape index (κ2) is 5.07. The highest BCUT2D eigenvalue weighted by Crippen LogP contribution is 2.13. The molecule has 1 aromatic heterocycles. The van der Waals surface area contributed by atoms with Crippen LogP contribution in [0.4, 0.5) is 0 Å². The smallest absolute Gasteiger partial charge is 0.253 e. The van der Waals surface area contributed by atoms with Crippen molar-refractivity contribution in [3.8, 4) is 0 Å². The van der Waals surface area contributed by atoms with Gasteiger partial charge in [-0.1, -0.05) is 0 Å². The van der Waals surface area contributed by atoms with E-state index in [1.165, 1.54) is 0 Å². The Bertz CT molecular complexity index is 345. The van der Waals surface area contributed by atoms with Crippen molar-refractivity contribution >= 4 is 5.91 Å². The van der Waals surface area contributed by atoms with E-state index in [2.05, 4.69) is 10.3 Å². The molecule has 0 aromatic carbocycles. The van der Waals surface area contributed by atoms with Crippen molar-refractivity contribution in [3.05, 3.63) is 30.1 Å². The van der Waals surface area contributed by atoms with Gasteiger partial charge in [0, 0.05) is 44.1 Å². The predicted molar refractivity (Wildman–Crippen MR) is 61.2 cm³/mol. The quantitative estimate of drug-likeness (QED) is 0.741. The van der Waals surface area contributed by atoms with Crippen LogP contribution in [0.3, 0.4) is 0 Å². The summed E-state index contributed by atoms with van der Waals surface area (Å²) in [5.41, 5.74) is 0.724. The molecule has 0 N–H and O–H groups in total. The summed E-state index contributed by atoms with van der Waals surface area (Å²) in [6, 6.07) is 3.96. The second-order valence-corrected chi connectivity index (χ2v) is 4.02. The van der Waals surface area contributed by atoms with Crippen LogP contribution in [0, 0.1) is 0 Å². The lowest BCUT2D eigenvalue weighted by Gasteiger charge is -2.31. The number of carbonyl (C=O) groups is 1. The highest BCUT2D eigenvalue weighted by atomic mass is 16.2. The van der Waals surface area contributed by atoms with Gasteiger partial charge in [0.25, 0.3) is 5.91 Å². The van der Waals surface area contributed by atoms with Gasteiger partial charge in [-0.3, -0.25) is 9.78 Å². The van der Waals surface area contributed by atoms with Crippen LogP contribution in [0.5, 0.6) is 0 Å². The summed E-state index contributed by atoms with van der Waals surface area (Å²) in [7, 11) is 1.85. The average Bonchev–Trinajstić information content (AvgIpc) is 2.39. The fraction of sp³-hybridized carbons (Fsp3) is 0.500. The van der Waals surface area contributed by atoms with Gasteiger partial charge in [0.15, 0.2) is 0 Å². The molecule has 4 heteroatoms. The minimum atomic E-state index is 0.108. The molecule has 0 aliphatic carbocycles. The third kappa shape index (κ3) is 2.39. The highest BCUT2D eigenvalue weighted by Gasteiger charge is 2.22. The van der Waals surface area contributed by atoms with E-state index in [4.69, 9.17) is 0 Å². The Kier molecular flexibility index (Phi) is 3.51. The maximum absolute atomic E-state index is 12.1. The van der Waals surface area contributed by atoms with E-state index in [1.807, 2.05) is 11.9 Å². The summed E-state index contributed by atoms with van der Waals surface area (Å²) in [5.74, 6) is 0.108. The molecule has 16 heavy (non-hydrogen) atoms. The topological polar surface area (TPSA) is 47.3 Å². The second-order valence-electron chi connectivity index (χ2n) is 4.02. The van der Waals surface area contributed by atoms with E-state index in [1.54, 1.807) is 24.5 Å². The summed E-state index contributed by atoms with van der Waals surface area (Å²) in [6.07, 6.45) is 5.27. The molecule has 0 spiro atoms. The molecule has 0 saturated carbocycles. The number of likely N-dealkylation sites (tertiary alicyclic amines) is 1. The van der Waals surface area contributed by atoms with Gasteiger partial charge >= 0.3 is 0 Å². The Balaban J connectivity index is 1.97. The molecule has 0 atom stereocenters. The first kappa shape index (κ1) is 11.1. The van der Waals surface area contributed by atoms with E-state index in [-0.39, 0.29) is 5.91 Å². The molecule has 4 nitrogen and oxygen atoms in total. The van der Waals surface area contributed by atoms with Gasteiger partial charge in [-0.25, -0.2) is 5.32 Å². The first-order chi connectivity index (χ1) is 7.81. The first-order valence-electron chi connectivity index (χ1n) is 5.59. The number of hydrogen-bond acceptors (Lipinski definition) is 2. The maximum atomic E-state index is 12.1. The molecule has 2 heterocycles. The van der Waals surface area contributed by atoms with Crippen LogP contribution in [-0.4, -0.2) is 42.0 Å². The molecule has 1 amide bonds. The fourth-order valence-electron chi connectivity index (χ4n) is 2.00. The number of amides is 1. The fourth-order valence-corrected chi connectivity index (χ4v) is 2.00. The van der Waals surface area contributed by atoms with Gasteiger partial charge in [-0.05, 0) is 25.0 Å². The van der Waals surface area contributed by atoms with Gasteiger partial charge in [-0.15, -0.1) is 0 Å². The Morgan fingerprint density at radius 1 is 1.38 bits per heavy atom. The van der Waals surface area contributed by atoms with Crippen LogP contribution < -0.4 is 5.32 Å². The van der Waals surface area contributed by atoms with Crippen LogP contribution >= 0.6 is 0 Å². The molecule has 2 rings (SSSR count). The van der Waals surface area contributed by atoms with Crippen LogP contribution in [0.25, 0.3) is 0 Å². The molecule has 0 unspecified atom stereocenters. The van der Waals surface area contributed by atoms with Crippen molar-refractivity contribution < 1.29 is 4.79 Å². The minimum Gasteiger partial charge on any atom is -0.339 e. The number of aromatic nitrogens is 1. The van der Waals surface area contributed by atoms with Gasteiger partial charge < -0.3 is 4.90 Å². The van der Waals surface area contributed by atoms with Gasteiger partial charge in [0.2, 0.25) is 0 Å². The number of nitrogens with zero attached hydrogens (tertiary/aromatic N) is 3. The van der Waals surface area contributed by atoms with Gasteiger partial charge in [0.05, 0.1) is 0 Å². The molecule has 0 bridgehead atoms. The molecule has 1 aliphatic rings. The Morgan fingerprint density at radius 3 is 2.56 bits per heavy atom. The largest absolute Gasteiger partial charge is 0.339 e. The molecule has 1 saturated heterocycles. The van der Waals surface area contributed by atoms with E-state index >= 15 is 0 Å². The molecule has 1 aromatic rings. The molecular formula is C12H16N3O. The molecule has 85 valence electrons. The number of piperidine rings is 1. The SMILES string of the molecule is C[N]C1CCN(C(=O)c2ccncc2)CC1. The third-order valence-electron chi connectivity index (χ3n) is 3.04. The zero-order valence-electron chi connectivity index (χ0n) is 9.47. The highest BCUT2D eigenvalue weighted by molar-refractivity contribution is 5.94. The van der Waals surface area contributed by atoms with Crippen molar-refractivity contribution in [2.45, 2.75) is 18.9 Å². The summed E-state index contributed by atoms with van der Waals surface area (Å²) < 4.78 is 0. The zero-order valence-corrected chi connectivity index (χ0v) is 9.47. The Labute approximate surface area is 95.7 Å². The lowest BCUT2D eigenvalue weighted by molar-refractivity contribution is 0.0706. The number of rotatable bonds is 2. The van der Waals surface area contributed by atoms with E-state index < -0.39 is 0 Å². The van der Waals surface area contributed by atoms with E-state index in [0.717, 1.165) is 31.5 Å². The summed E-state index contributed by atoms with van der Waals surface area (Å²) >= 11 is 0. The summed E-state index contributed by atoms with van der Waals surface area (Å²) in [4.78, 5) is 17.9. The summed E-state index contributed by atoms with van der Waals surface area (Å²) in [6.45, 7) is 1.62. The first-order valence-corrected chi connectivity index (χ1v) is 5.59. The van der Waals surface area contributed by atoms with Crippen LogP contribution in [-0.2, 0) is 0 Å². The lowest BCUT2D eigenvalue weighted by atomic mass is 10.0.